The second-order valence-corrected chi connectivity index (χ2v) is 6.32. The molecule has 0 heterocycles. The summed E-state index contributed by atoms with van der Waals surface area (Å²) in [4.78, 5) is 14.2. The topological polar surface area (TPSA) is 29.5 Å². The summed E-state index contributed by atoms with van der Waals surface area (Å²) in [6.07, 6.45) is 0. The fourth-order valence-electron chi connectivity index (χ4n) is 2.15. The quantitative estimate of drug-likeness (QED) is 0.743. The largest absolute Gasteiger partial charge is 0.483 e. The standard InChI is InChI=1S/C18H19BrFNO2/c1-13(2)21(11-14-6-4-3-5-7-14)18(22)12-23-17-9-8-15(20)10-16(17)19/h3-10,13H,11-12H2,1-2H3. The summed E-state index contributed by atoms with van der Waals surface area (Å²) in [6.45, 7) is 4.38. The summed E-state index contributed by atoms with van der Waals surface area (Å²) in [5, 5.41) is 0. The maximum absolute atomic E-state index is 13.1. The molecule has 2 aromatic carbocycles. The average molecular weight is 380 g/mol. The van der Waals surface area contributed by atoms with Gasteiger partial charge in [0.05, 0.1) is 4.47 Å². The van der Waals surface area contributed by atoms with E-state index in [0.29, 0.717) is 16.8 Å². The van der Waals surface area contributed by atoms with Crippen LogP contribution >= 0.6 is 15.9 Å². The van der Waals surface area contributed by atoms with E-state index >= 15 is 0 Å². The summed E-state index contributed by atoms with van der Waals surface area (Å²) >= 11 is 3.23. The molecule has 0 fully saturated rings. The van der Waals surface area contributed by atoms with Gasteiger partial charge in [-0.3, -0.25) is 4.79 Å². The highest BCUT2D eigenvalue weighted by Crippen LogP contribution is 2.25. The normalized spacial score (nSPS) is 10.7. The van der Waals surface area contributed by atoms with Crippen molar-refractivity contribution in [3.63, 3.8) is 0 Å². The van der Waals surface area contributed by atoms with Crippen molar-refractivity contribution in [3.05, 3.63) is 64.4 Å². The van der Waals surface area contributed by atoms with Crippen molar-refractivity contribution in [3.8, 4) is 5.75 Å². The fraction of sp³-hybridized carbons (Fsp3) is 0.278. The van der Waals surface area contributed by atoms with Crippen molar-refractivity contribution in [2.75, 3.05) is 6.61 Å². The van der Waals surface area contributed by atoms with Gasteiger partial charge in [0.25, 0.3) is 5.91 Å². The first-order chi connectivity index (χ1) is 11.0. The lowest BCUT2D eigenvalue weighted by Crippen LogP contribution is -2.39. The molecular formula is C18H19BrFNO2. The van der Waals surface area contributed by atoms with Crippen molar-refractivity contribution < 1.29 is 13.9 Å². The third-order valence-electron chi connectivity index (χ3n) is 3.38. The predicted molar refractivity (Wildman–Crippen MR) is 91.7 cm³/mol. The summed E-state index contributed by atoms with van der Waals surface area (Å²) in [5.41, 5.74) is 1.07. The van der Waals surface area contributed by atoms with E-state index in [1.165, 1.54) is 18.2 Å². The van der Waals surface area contributed by atoms with Crippen molar-refractivity contribution in [1.29, 1.82) is 0 Å². The number of carbonyl (C=O) groups excluding carboxylic acids is 1. The van der Waals surface area contributed by atoms with Gasteiger partial charge >= 0.3 is 0 Å². The van der Waals surface area contributed by atoms with Crippen LogP contribution in [0.25, 0.3) is 0 Å². The first-order valence-electron chi connectivity index (χ1n) is 7.38. The molecule has 0 unspecified atom stereocenters. The number of ether oxygens (including phenoxy) is 1. The van der Waals surface area contributed by atoms with E-state index in [2.05, 4.69) is 15.9 Å². The minimum absolute atomic E-state index is 0.0583. The Morgan fingerprint density at radius 1 is 1.22 bits per heavy atom. The third-order valence-corrected chi connectivity index (χ3v) is 4.00. The molecule has 0 aliphatic rings. The monoisotopic (exact) mass is 379 g/mol. The molecule has 1 amide bonds. The molecule has 0 bridgehead atoms. The fourth-order valence-corrected chi connectivity index (χ4v) is 2.62. The molecule has 0 radical (unpaired) electrons. The highest BCUT2D eigenvalue weighted by molar-refractivity contribution is 9.10. The number of rotatable bonds is 6. The zero-order valence-corrected chi connectivity index (χ0v) is 14.7. The van der Waals surface area contributed by atoms with Crippen molar-refractivity contribution in [2.24, 2.45) is 0 Å². The van der Waals surface area contributed by atoms with Crippen molar-refractivity contribution in [1.82, 2.24) is 4.90 Å². The van der Waals surface area contributed by atoms with Gasteiger partial charge in [0.2, 0.25) is 0 Å². The van der Waals surface area contributed by atoms with Crippen LogP contribution in [0.5, 0.6) is 5.75 Å². The third kappa shape index (κ3) is 5.06. The Morgan fingerprint density at radius 2 is 1.91 bits per heavy atom. The lowest BCUT2D eigenvalue weighted by Gasteiger charge is -2.27. The number of benzene rings is 2. The van der Waals surface area contributed by atoms with E-state index in [0.717, 1.165) is 5.56 Å². The summed E-state index contributed by atoms with van der Waals surface area (Å²) in [5.74, 6) is -0.0216. The van der Waals surface area contributed by atoms with E-state index < -0.39 is 0 Å². The van der Waals surface area contributed by atoms with E-state index in [1.807, 2.05) is 44.2 Å². The van der Waals surface area contributed by atoms with Crippen LogP contribution in [0.15, 0.2) is 53.0 Å². The van der Waals surface area contributed by atoms with Gasteiger partial charge in [0.1, 0.15) is 11.6 Å². The maximum Gasteiger partial charge on any atom is 0.261 e. The van der Waals surface area contributed by atoms with Gasteiger partial charge in [0.15, 0.2) is 6.61 Å². The molecule has 0 atom stereocenters. The molecule has 3 nitrogen and oxygen atoms in total. The van der Waals surface area contributed by atoms with Crippen LogP contribution in [0.4, 0.5) is 4.39 Å². The molecular weight excluding hydrogens is 361 g/mol. The molecule has 2 rings (SSSR count). The second kappa shape index (κ2) is 8.11. The van der Waals surface area contributed by atoms with Crippen LogP contribution in [-0.4, -0.2) is 23.5 Å². The van der Waals surface area contributed by atoms with E-state index in [9.17, 15) is 9.18 Å². The molecule has 0 N–H and O–H groups in total. The van der Waals surface area contributed by atoms with Crippen LogP contribution in [0.2, 0.25) is 0 Å². The Bertz CT molecular complexity index is 661. The van der Waals surface area contributed by atoms with Gasteiger partial charge in [-0.25, -0.2) is 4.39 Å². The highest BCUT2D eigenvalue weighted by atomic mass is 79.9. The Morgan fingerprint density at radius 3 is 2.52 bits per heavy atom. The van der Waals surface area contributed by atoms with E-state index in [1.54, 1.807) is 4.90 Å². The Kier molecular flexibility index (Phi) is 6.16. The van der Waals surface area contributed by atoms with Crippen LogP contribution < -0.4 is 4.74 Å². The SMILES string of the molecule is CC(C)N(Cc1ccccc1)C(=O)COc1ccc(F)cc1Br. The smallest absolute Gasteiger partial charge is 0.261 e. The second-order valence-electron chi connectivity index (χ2n) is 5.46. The van der Waals surface area contributed by atoms with Gasteiger partial charge in [-0.1, -0.05) is 30.3 Å². The molecule has 0 spiro atoms. The molecule has 0 saturated heterocycles. The van der Waals surface area contributed by atoms with Crippen LogP contribution in [0.3, 0.4) is 0 Å². The first kappa shape index (κ1) is 17.5. The lowest BCUT2D eigenvalue weighted by atomic mass is 10.2. The van der Waals surface area contributed by atoms with Gasteiger partial charge in [0, 0.05) is 12.6 Å². The summed E-state index contributed by atoms with van der Waals surface area (Å²) < 4.78 is 19.1. The highest BCUT2D eigenvalue weighted by Gasteiger charge is 2.18. The molecule has 0 aliphatic heterocycles. The van der Waals surface area contributed by atoms with Crippen LogP contribution in [0, 0.1) is 5.82 Å². The zero-order valence-electron chi connectivity index (χ0n) is 13.1. The van der Waals surface area contributed by atoms with Gasteiger partial charge in [-0.2, -0.15) is 0 Å². The van der Waals surface area contributed by atoms with E-state index in [-0.39, 0.29) is 24.4 Å². The minimum Gasteiger partial charge on any atom is -0.483 e. The van der Waals surface area contributed by atoms with Gasteiger partial charge in [-0.15, -0.1) is 0 Å². The zero-order chi connectivity index (χ0) is 16.8. The maximum atomic E-state index is 13.1. The molecule has 5 heteroatoms. The molecule has 23 heavy (non-hydrogen) atoms. The Labute approximate surface area is 144 Å². The number of hydrogen-bond donors (Lipinski definition) is 0. The number of nitrogens with zero attached hydrogens (tertiary/aromatic N) is 1. The van der Waals surface area contributed by atoms with Crippen LogP contribution in [-0.2, 0) is 11.3 Å². The molecule has 0 aromatic heterocycles. The molecule has 0 aliphatic carbocycles. The Balaban J connectivity index is 2.01. The van der Waals surface area contributed by atoms with Crippen molar-refractivity contribution >= 4 is 21.8 Å². The predicted octanol–water partition coefficient (Wildman–Crippen LogP) is 4.40. The Hall–Kier alpha value is -1.88. The molecule has 0 saturated carbocycles. The van der Waals surface area contributed by atoms with E-state index in [4.69, 9.17) is 4.74 Å². The molecule has 2 aromatic rings. The minimum atomic E-state index is -0.358. The van der Waals surface area contributed by atoms with Gasteiger partial charge in [-0.05, 0) is 53.5 Å². The molecule has 122 valence electrons. The average Bonchev–Trinajstić information content (AvgIpc) is 2.52. The van der Waals surface area contributed by atoms with Crippen molar-refractivity contribution in [2.45, 2.75) is 26.4 Å². The lowest BCUT2D eigenvalue weighted by molar-refractivity contribution is -0.135. The van der Waals surface area contributed by atoms with Gasteiger partial charge < -0.3 is 9.64 Å². The summed E-state index contributed by atoms with van der Waals surface area (Å²) in [7, 11) is 0. The van der Waals surface area contributed by atoms with Crippen LogP contribution in [0.1, 0.15) is 19.4 Å². The summed E-state index contributed by atoms with van der Waals surface area (Å²) in [6, 6.07) is 14.0. The number of carbonyl (C=O) groups is 1. The number of hydrogen-bond acceptors (Lipinski definition) is 2. The number of halogens is 2. The number of amides is 1. The first-order valence-corrected chi connectivity index (χ1v) is 8.18.